The topological polar surface area (TPSA) is 61.8 Å². The molecule has 0 spiro atoms. The predicted molar refractivity (Wildman–Crippen MR) is 58.9 cm³/mol. The maximum absolute atomic E-state index is 8.86. The maximum Gasteiger partial charge on any atom is 0.168 e. The fraction of sp³-hybridized carbons (Fsp3) is 0.250. The van der Waals surface area contributed by atoms with E-state index in [-0.39, 0.29) is 5.11 Å². The number of nitrogens with one attached hydrogen (secondary N) is 1. The number of thiophene rings is 1. The molecular weight excluding hydrogens is 202 g/mol. The monoisotopic (exact) mass is 211 g/mol. The number of hydrogen-bond acceptors (Lipinski definition) is 3. The molecule has 0 aliphatic heterocycles. The summed E-state index contributed by atoms with van der Waals surface area (Å²) in [7, 11) is 0. The van der Waals surface area contributed by atoms with Crippen molar-refractivity contribution in [2.75, 3.05) is 5.32 Å². The zero-order valence-electron chi connectivity index (χ0n) is 7.34. The van der Waals surface area contributed by atoms with Crippen LogP contribution >= 0.6 is 23.6 Å². The van der Waals surface area contributed by atoms with Crippen LogP contribution in [0.2, 0.25) is 0 Å². The number of hydrogen-bond donors (Lipinski definition) is 2. The van der Waals surface area contributed by atoms with Crippen molar-refractivity contribution in [2.24, 2.45) is 5.73 Å². The highest BCUT2D eigenvalue weighted by Crippen LogP contribution is 2.31. The Morgan fingerprint density at radius 1 is 1.62 bits per heavy atom. The zero-order chi connectivity index (χ0) is 10.0. The van der Waals surface area contributed by atoms with Gasteiger partial charge in [-0.15, -0.1) is 11.3 Å². The van der Waals surface area contributed by atoms with Gasteiger partial charge in [-0.1, -0.05) is 0 Å². The highest BCUT2D eigenvalue weighted by molar-refractivity contribution is 7.80. The Hall–Kier alpha value is -1.12. The fourth-order valence-electron chi connectivity index (χ4n) is 0.962. The molecule has 1 aromatic heterocycles. The van der Waals surface area contributed by atoms with Crippen molar-refractivity contribution in [3.63, 3.8) is 0 Å². The summed E-state index contributed by atoms with van der Waals surface area (Å²) in [6.45, 7) is 3.88. The summed E-state index contributed by atoms with van der Waals surface area (Å²) in [5.41, 5.74) is 6.95. The van der Waals surface area contributed by atoms with Crippen LogP contribution in [-0.4, -0.2) is 5.11 Å². The maximum atomic E-state index is 8.86. The zero-order valence-corrected chi connectivity index (χ0v) is 8.97. The van der Waals surface area contributed by atoms with Crippen molar-refractivity contribution in [2.45, 2.75) is 13.8 Å². The van der Waals surface area contributed by atoms with E-state index in [0.29, 0.717) is 5.56 Å². The second-order valence-corrected chi connectivity index (χ2v) is 4.25. The van der Waals surface area contributed by atoms with Crippen molar-refractivity contribution in [3.05, 3.63) is 16.0 Å². The van der Waals surface area contributed by atoms with Crippen LogP contribution in [0.4, 0.5) is 5.00 Å². The molecule has 0 unspecified atom stereocenters. The summed E-state index contributed by atoms with van der Waals surface area (Å²) in [4.78, 5) is 1.11. The lowest BCUT2D eigenvalue weighted by atomic mass is 10.2. The molecule has 1 aromatic rings. The second kappa shape index (κ2) is 3.73. The Balaban J connectivity index is 3.15. The van der Waals surface area contributed by atoms with Gasteiger partial charge in [-0.05, 0) is 31.6 Å². The number of nitrogens with zero attached hydrogens (tertiary/aromatic N) is 1. The SMILES string of the molecule is Cc1sc(NC(N)=S)c(C#N)c1C. The van der Waals surface area contributed by atoms with Gasteiger partial charge >= 0.3 is 0 Å². The van der Waals surface area contributed by atoms with Gasteiger partial charge in [0.05, 0.1) is 5.56 Å². The van der Waals surface area contributed by atoms with Gasteiger partial charge in [0, 0.05) is 4.88 Å². The smallest absolute Gasteiger partial charge is 0.168 e. The van der Waals surface area contributed by atoms with Crippen LogP contribution in [-0.2, 0) is 0 Å². The van der Waals surface area contributed by atoms with Crippen LogP contribution < -0.4 is 11.1 Å². The summed E-state index contributed by atoms with van der Waals surface area (Å²) in [6.07, 6.45) is 0. The van der Waals surface area contributed by atoms with Crippen LogP contribution in [0.5, 0.6) is 0 Å². The molecule has 5 heteroatoms. The first kappa shape index (κ1) is 9.96. The number of nitriles is 1. The molecule has 0 aromatic carbocycles. The molecule has 0 aliphatic carbocycles. The van der Waals surface area contributed by atoms with Crippen LogP contribution in [0.3, 0.4) is 0 Å². The molecule has 1 rings (SSSR count). The van der Waals surface area contributed by atoms with Crippen LogP contribution in [0.25, 0.3) is 0 Å². The molecule has 0 atom stereocenters. The normalized spacial score (nSPS) is 9.31. The largest absolute Gasteiger partial charge is 0.376 e. The molecule has 68 valence electrons. The van der Waals surface area contributed by atoms with E-state index in [1.807, 2.05) is 13.8 Å². The van der Waals surface area contributed by atoms with Gasteiger partial charge in [0.1, 0.15) is 11.1 Å². The van der Waals surface area contributed by atoms with Crippen LogP contribution in [0.1, 0.15) is 16.0 Å². The molecule has 13 heavy (non-hydrogen) atoms. The van der Waals surface area contributed by atoms with Crippen molar-refractivity contribution in [3.8, 4) is 6.07 Å². The third-order valence-corrected chi connectivity index (χ3v) is 2.96. The van der Waals surface area contributed by atoms with Crippen LogP contribution in [0, 0.1) is 25.2 Å². The molecule has 0 amide bonds. The van der Waals surface area contributed by atoms with Crippen molar-refractivity contribution >= 4 is 33.7 Å². The van der Waals surface area contributed by atoms with E-state index in [1.165, 1.54) is 11.3 Å². The molecule has 0 aliphatic rings. The van der Waals surface area contributed by atoms with Gasteiger partial charge in [-0.2, -0.15) is 5.26 Å². The number of rotatable bonds is 1. The standard InChI is InChI=1S/C8H9N3S2/c1-4-5(2)13-7(6(4)3-9)11-8(10)12/h1-2H3,(H3,10,11,12). The summed E-state index contributed by atoms with van der Waals surface area (Å²) < 4.78 is 0. The predicted octanol–water partition coefficient (Wildman–Crippen LogP) is 1.89. The average molecular weight is 211 g/mol. The molecule has 0 bridgehead atoms. The van der Waals surface area contributed by atoms with E-state index in [1.54, 1.807) is 0 Å². The number of aryl methyl sites for hydroxylation is 1. The second-order valence-electron chi connectivity index (χ2n) is 2.59. The molecule has 0 fully saturated rings. The van der Waals surface area contributed by atoms with E-state index >= 15 is 0 Å². The lowest BCUT2D eigenvalue weighted by Crippen LogP contribution is -2.18. The van der Waals surface area contributed by atoms with E-state index in [9.17, 15) is 0 Å². The first-order valence-corrected chi connectivity index (χ1v) is 4.85. The molecule has 0 saturated heterocycles. The number of anilines is 1. The van der Waals surface area contributed by atoms with Crippen molar-refractivity contribution in [1.82, 2.24) is 0 Å². The van der Waals surface area contributed by atoms with Gasteiger partial charge in [-0.25, -0.2) is 0 Å². The molecule has 0 radical (unpaired) electrons. The third-order valence-electron chi connectivity index (χ3n) is 1.73. The van der Waals surface area contributed by atoms with Gasteiger partial charge < -0.3 is 11.1 Å². The Labute approximate surface area is 86.2 Å². The van der Waals surface area contributed by atoms with Gasteiger partial charge in [-0.3, -0.25) is 0 Å². The highest BCUT2D eigenvalue weighted by atomic mass is 32.1. The third kappa shape index (κ3) is 1.97. The number of thiocarbonyl (C=S) groups is 1. The lowest BCUT2D eigenvalue weighted by molar-refractivity contribution is 1.39. The summed E-state index contributed by atoms with van der Waals surface area (Å²) in [6, 6.07) is 2.12. The Morgan fingerprint density at radius 2 is 2.23 bits per heavy atom. The van der Waals surface area contributed by atoms with Crippen LogP contribution in [0.15, 0.2) is 0 Å². The lowest BCUT2D eigenvalue weighted by Gasteiger charge is -1.99. The quantitative estimate of drug-likeness (QED) is 0.696. The minimum absolute atomic E-state index is 0.192. The molecule has 3 nitrogen and oxygen atoms in total. The van der Waals surface area contributed by atoms with Crippen molar-refractivity contribution < 1.29 is 0 Å². The van der Waals surface area contributed by atoms with E-state index in [0.717, 1.165) is 15.4 Å². The van der Waals surface area contributed by atoms with E-state index < -0.39 is 0 Å². The van der Waals surface area contributed by atoms with E-state index in [2.05, 4.69) is 11.4 Å². The Bertz CT molecular complexity index is 387. The molecule has 0 saturated carbocycles. The minimum atomic E-state index is 0.192. The first-order valence-electron chi connectivity index (χ1n) is 3.62. The summed E-state index contributed by atoms with van der Waals surface area (Å²) in [5.74, 6) is 0. The Kier molecular flexibility index (Phi) is 2.86. The van der Waals surface area contributed by atoms with Gasteiger partial charge in [0.2, 0.25) is 0 Å². The first-order chi connectivity index (χ1) is 6.06. The van der Waals surface area contributed by atoms with Gasteiger partial charge in [0.15, 0.2) is 5.11 Å². The summed E-state index contributed by atoms with van der Waals surface area (Å²) >= 11 is 6.19. The van der Waals surface area contributed by atoms with E-state index in [4.69, 9.17) is 23.2 Å². The molecule has 3 N–H and O–H groups in total. The van der Waals surface area contributed by atoms with Crippen molar-refractivity contribution in [1.29, 1.82) is 5.26 Å². The fourth-order valence-corrected chi connectivity index (χ4v) is 2.15. The van der Waals surface area contributed by atoms with Gasteiger partial charge in [0.25, 0.3) is 0 Å². The minimum Gasteiger partial charge on any atom is -0.376 e. The average Bonchev–Trinajstić information content (AvgIpc) is 2.27. The molecular formula is C8H9N3S2. The molecule has 1 heterocycles. The summed E-state index contributed by atoms with van der Waals surface area (Å²) in [5, 5.41) is 12.6. The highest BCUT2D eigenvalue weighted by Gasteiger charge is 2.11. The number of nitrogens with two attached hydrogens (primary N) is 1. The Morgan fingerprint density at radius 3 is 2.69 bits per heavy atom.